The Morgan fingerprint density at radius 1 is 0.971 bits per heavy atom. The summed E-state index contributed by atoms with van der Waals surface area (Å²) in [6, 6.07) is 20.5. The SMILES string of the molecule is CC(=O)/C=C/c1c(-c2ccccc2)nc2ccc(C(C)C)cc2c1Nc1cccc(C(F)(F)F)c1. The third-order valence-electron chi connectivity index (χ3n) is 5.70. The Morgan fingerprint density at radius 2 is 1.71 bits per heavy atom. The van der Waals surface area contributed by atoms with Gasteiger partial charge in [0.2, 0.25) is 0 Å². The molecule has 0 bridgehead atoms. The maximum atomic E-state index is 13.4. The Morgan fingerprint density at radius 3 is 2.37 bits per heavy atom. The van der Waals surface area contributed by atoms with Crippen molar-refractivity contribution in [2.24, 2.45) is 0 Å². The number of hydrogen-bond donors (Lipinski definition) is 1. The fourth-order valence-electron chi connectivity index (χ4n) is 3.89. The van der Waals surface area contributed by atoms with Crippen LogP contribution in [-0.2, 0) is 11.0 Å². The number of halogens is 3. The highest BCUT2D eigenvalue weighted by molar-refractivity contribution is 6.03. The molecule has 1 heterocycles. The number of nitrogens with one attached hydrogen (secondary N) is 1. The van der Waals surface area contributed by atoms with E-state index in [9.17, 15) is 18.0 Å². The highest BCUT2D eigenvalue weighted by atomic mass is 19.4. The number of hydrogen-bond acceptors (Lipinski definition) is 3. The third-order valence-corrected chi connectivity index (χ3v) is 5.70. The van der Waals surface area contributed by atoms with Crippen LogP contribution in [0.25, 0.3) is 28.2 Å². The number of carbonyl (C=O) groups excluding carboxylic acids is 1. The molecule has 0 aliphatic heterocycles. The van der Waals surface area contributed by atoms with E-state index in [0.717, 1.165) is 28.6 Å². The molecule has 4 aromatic rings. The standard InChI is InChI=1S/C29H25F3N2O/c1-18(2)21-13-15-26-25(16-21)28(33-23-11-7-10-22(17-23)29(30,31)32)24(14-12-19(3)35)27(34-26)20-8-5-4-6-9-20/h4-18H,1-3H3,(H,33,34)/b14-12+. The average Bonchev–Trinajstić information content (AvgIpc) is 2.82. The summed E-state index contributed by atoms with van der Waals surface area (Å²) >= 11 is 0. The van der Waals surface area contributed by atoms with Crippen LogP contribution in [0.1, 0.15) is 43.4 Å². The number of carbonyl (C=O) groups is 1. The fourth-order valence-corrected chi connectivity index (χ4v) is 3.89. The number of alkyl halides is 3. The van der Waals surface area contributed by atoms with Crippen LogP contribution in [-0.4, -0.2) is 10.8 Å². The molecular weight excluding hydrogens is 449 g/mol. The van der Waals surface area contributed by atoms with Gasteiger partial charge in [-0.25, -0.2) is 4.98 Å². The molecule has 0 unspecified atom stereocenters. The van der Waals surface area contributed by atoms with E-state index in [1.54, 1.807) is 12.1 Å². The van der Waals surface area contributed by atoms with Crippen LogP contribution in [0.4, 0.5) is 24.5 Å². The number of allylic oxidation sites excluding steroid dienone is 1. The van der Waals surface area contributed by atoms with Crippen molar-refractivity contribution in [3.05, 3.63) is 95.6 Å². The molecule has 0 aliphatic rings. The van der Waals surface area contributed by atoms with Crippen molar-refractivity contribution in [1.29, 1.82) is 0 Å². The van der Waals surface area contributed by atoms with E-state index >= 15 is 0 Å². The molecule has 0 atom stereocenters. The molecule has 3 aromatic carbocycles. The highest BCUT2D eigenvalue weighted by Crippen LogP contribution is 2.39. The van der Waals surface area contributed by atoms with E-state index in [4.69, 9.17) is 4.98 Å². The summed E-state index contributed by atoms with van der Waals surface area (Å²) in [6.07, 6.45) is -1.34. The van der Waals surface area contributed by atoms with Crippen LogP contribution in [0.15, 0.2) is 78.9 Å². The maximum absolute atomic E-state index is 13.4. The molecule has 0 saturated heterocycles. The summed E-state index contributed by atoms with van der Waals surface area (Å²) in [4.78, 5) is 16.7. The first-order valence-electron chi connectivity index (χ1n) is 11.3. The number of pyridine rings is 1. The zero-order valence-electron chi connectivity index (χ0n) is 19.6. The van der Waals surface area contributed by atoms with Crippen molar-refractivity contribution in [2.45, 2.75) is 32.9 Å². The van der Waals surface area contributed by atoms with E-state index in [1.807, 2.05) is 48.5 Å². The van der Waals surface area contributed by atoms with Gasteiger partial charge in [-0.2, -0.15) is 13.2 Å². The first-order valence-corrected chi connectivity index (χ1v) is 11.3. The lowest BCUT2D eigenvalue weighted by atomic mass is 9.96. The number of nitrogens with zero attached hydrogens (tertiary/aromatic N) is 1. The second kappa shape index (κ2) is 9.74. The monoisotopic (exact) mass is 474 g/mol. The maximum Gasteiger partial charge on any atom is 0.416 e. The first-order chi connectivity index (χ1) is 16.6. The fraction of sp³-hybridized carbons (Fsp3) is 0.172. The van der Waals surface area contributed by atoms with Gasteiger partial charge in [0.05, 0.1) is 22.5 Å². The summed E-state index contributed by atoms with van der Waals surface area (Å²) in [6.45, 7) is 5.59. The van der Waals surface area contributed by atoms with Crippen LogP contribution in [0.2, 0.25) is 0 Å². The highest BCUT2D eigenvalue weighted by Gasteiger charge is 2.30. The number of fused-ring (bicyclic) bond motifs is 1. The second-order valence-corrected chi connectivity index (χ2v) is 8.69. The van der Waals surface area contributed by atoms with Gasteiger partial charge in [0.1, 0.15) is 0 Å². The number of aromatic nitrogens is 1. The summed E-state index contributed by atoms with van der Waals surface area (Å²) in [5.74, 6) is 0.0934. The van der Waals surface area contributed by atoms with Crippen LogP contribution in [0.3, 0.4) is 0 Å². The van der Waals surface area contributed by atoms with Gasteiger partial charge < -0.3 is 5.32 Å². The minimum absolute atomic E-state index is 0.148. The van der Waals surface area contributed by atoms with E-state index in [-0.39, 0.29) is 11.7 Å². The molecule has 0 saturated carbocycles. The molecule has 4 rings (SSSR count). The predicted octanol–water partition coefficient (Wildman–Crippen LogP) is 8.39. The number of anilines is 2. The Hall–Kier alpha value is -3.93. The molecule has 6 heteroatoms. The van der Waals surface area contributed by atoms with Gasteiger partial charge >= 0.3 is 6.18 Å². The van der Waals surface area contributed by atoms with Gasteiger partial charge in [-0.3, -0.25) is 4.79 Å². The Labute approximate surface area is 202 Å². The summed E-state index contributed by atoms with van der Waals surface area (Å²) in [5.41, 5.74) is 3.99. The second-order valence-electron chi connectivity index (χ2n) is 8.69. The van der Waals surface area contributed by atoms with E-state index in [1.165, 1.54) is 19.1 Å². The molecule has 0 fully saturated rings. The Balaban J connectivity index is 2.03. The molecule has 1 N–H and O–H groups in total. The van der Waals surface area contributed by atoms with Crippen molar-refractivity contribution >= 4 is 34.1 Å². The van der Waals surface area contributed by atoms with Gasteiger partial charge in [-0.15, -0.1) is 0 Å². The van der Waals surface area contributed by atoms with E-state index in [0.29, 0.717) is 28.1 Å². The number of ketones is 1. The number of benzene rings is 3. The zero-order valence-corrected chi connectivity index (χ0v) is 19.6. The van der Waals surface area contributed by atoms with Crippen LogP contribution >= 0.6 is 0 Å². The van der Waals surface area contributed by atoms with Crippen molar-refractivity contribution in [3.8, 4) is 11.3 Å². The zero-order chi connectivity index (χ0) is 25.2. The lowest BCUT2D eigenvalue weighted by Gasteiger charge is -2.19. The molecule has 0 amide bonds. The molecule has 35 heavy (non-hydrogen) atoms. The van der Waals surface area contributed by atoms with E-state index < -0.39 is 11.7 Å². The normalized spacial score (nSPS) is 12.0. The lowest BCUT2D eigenvalue weighted by Crippen LogP contribution is -2.06. The molecule has 0 aliphatic carbocycles. The van der Waals surface area contributed by atoms with Gasteiger partial charge in [0.25, 0.3) is 0 Å². The van der Waals surface area contributed by atoms with Crippen LogP contribution in [0.5, 0.6) is 0 Å². The van der Waals surface area contributed by atoms with Crippen molar-refractivity contribution in [3.63, 3.8) is 0 Å². The average molecular weight is 475 g/mol. The van der Waals surface area contributed by atoms with Crippen molar-refractivity contribution in [1.82, 2.24) is 4.98 Å². The minimum Gasteiger partial charge on any atom is -0.354 e. The molecule has 0 radical (unpaired) electrons. The summed E-state index contributed by atoms with van der Waals surface area (Å²) < 4.78 is 40.2. The topological polar surface area (TPSA) is 42.0 Å². The van der Waals surface area contributed by atoms with Gasteiger partial charge in [0, 0.05) is 22.2 Å². The molecular formula is C29H25F3N2O. The van der Waals surface area contributed by atoms with Gasteiger partial charge in [0.15, 0.2) is 5.78 Å². The van der Waals surface area contributed by atoms with Gasteiger partial charge in [-0.05, 0) is 60.9 Å². The smallest absolute Gasteiger partial charge is 0.354 e. The van der Waals surface area contributed by atoms with E-state index in [2.05, 4.69) is 19.2 Å². The lowest BCUT2D eigenvalue weighted by molar-refractivity contribution is -0.137. The summed E-state index contributed by atoms with van der Waals surface area (Å²) in [7, 11) is 0. The molecule has 0 spiro atoms. The van der Waals surface area contributed by atoms with Crippen LogP contribution in [0, 0.1) is 0 Å². The molecule has 1 aromatic heterocycles. The largest absolute Gasteiger partial charge is 0.416 e. The van der Waals surface area contributed by atoms with Crippen molar-refractivity contribution in [2.75, 3.05) is 5.32 Å². The first kappa shape index (κ1) is 24.2. The Kier molecular flexibility index (Phi) is 6.74. The van der Waals surface area contributed by atoms with Crippen molar-refractivity contribution < 1.29 is 18.0 Å². The third kappa shape index (κ3) is 5.43. The Bertz CT molecular complexity index is 1410. The molecule has 3 nitrogen and oxygen atoms in total. The van der Waals surface area contributed by atoms with Crippen LogP contribution < -0.4 is 5.32 Å². The van der Waals surface area contributed by atoms with Gasteiger partial charge in [-0.1, -0.05) is 56.3 Å². The summed E-state index contributed by atoms with van der Waals surface area (Å²) in [5, 5.41) is 3.99. The minimum atomic E-state index is -4.46. The predicted molar refractivity (Wildman–Crippen MR) is 136 cm³/mol. The quantitative estimate of drug-likeness (QED) is 0.285. The number of rotatable bonds is 6. The molecule has 178 valence electrons.